The SMILES string of the molecule is CCNc1nc(OC(C)C)nc(OC(C)C(C)C)n1. The number of anilines is 1. The molecular weight excluding hydrogens is 244 g/mol. The lowest BCUT2D eigenvalue weighted by Crippen LogP contribution is -2.21. The first-order valence-electron chi connectivity index (χ1n) is 6.75. The zero-order valence-electron chi connectivity index (χ0n) is 12.6. The van der Waals surface area contributed by atoms with Gasteiger partial charge in [-0.2, -0.15) is 9.97 Å². The van der Waals surface area contributed by atoms with Gasteiger partial charge in [-0.15, -0.1) is 4.98 Å². The molecule has 0 aliphatic rings. The molecule has 0 aliphatic heterocycles. The van der Waals surface area contributed by atoms with Crippen LogP contribution in [-0.2, 0) is 0 Å². The third-order valence-electron chi connectivity index (χ3n) is 2.50. The van der Waals surface area contributed by atoms with E-state index in [1.54, 1.807) is 0 Å². The zero-order chi connectivity index (χ0) is 14.4. The highest BCUT2D eigenvalue weighted by molar-refractivity contribution is 5.27. The number of rotatable bonds is 7. The lowest BCUT2D eigenvalue weighted by molar-refractivity contribution is 0.149. The minimum atomic E-state index is 0.00671. The maximum atomic E-state index is 5.70. The van der Waals surface area contributed by atoms with Crippen LogP contribution in [0.3, 0.4) is 0 Å². The number of hydrogen-bond donors (Lipinski definition) is 1. The van der Waals surface area contributed by atoms with Gasteiger partial charge in [0.15, 0.2) is 0 Å². The molecule has 6 heteroatoms. The third kappa shape index (κ3) is 5.28. The smallest absolute Gasteiger partial charge is 0.324 e. The highest BCUT2D eigenvalue weighted by Gasteiger charge is 2.14. The van der Waals surface area contributed by atoms with E-state index in [2.05, 4.69) is 34.1 Å². The first kappa shape index (κ1) is 15.5. The predicted molar refractivity (Wildman–Crippen MR) is 74.7 cm³/mol. The molecule has 0 saturated heterocycles. The number of ether oxygens (including phenoxy) is 2. The normalized spacial score (nSPS) is 12.6. The van der Waals surface area contributed by atoms with Gasteiger partial charge >= 0.3 is 12.0 Å². The highest BCUT2D eigenvalue weighted by atomic mass is 16.5. The molecule has 0 bridgehead atoms. The summed E-state index contributed by atoms with van der Waals surface area (Å²) in [5, 5.41) is 3.04. The highest BCUT2D eigenvalue weighted by Crippen LogP contribution is 2.17. The van der Waals surface area contributed by atoms with E-state index in [9.17, 15) is 0 Å². The van der Waals surface area contributed by atoms with Gasteiger partial charge in [0, 0.05) is 6.54 Å². The molecule has 0 amide bonds. The van der Waals surface area contributed by atoms with Crippen molar-refractivity contribution in [2.24, 2.45) is 5.92 Å². The van der Waals surface area contributed by atoms with Gasteiger partial charge in [-0.1, -0.05) is 13.8 Å². The summed E-state index contributed by atoms with van der Waals surface area (Å²) in [5.74, 6) is 0.855. The number of nitrogens with zero attached hydrogens (tertiary/aromatic N) is 3. The van der Waals surface area contributed by atoms with E-state index in [1.807, 2.05) is 27.7 Å². The van der Waals surface area contributed by atoms with Crippen LogP contribution in [0.2, 0.25) is 0 Å². The number of nitrogens with one attached hydrogen (secondary N) is 1. The number of aromatic nitrogens is 3. The molecule has 1 unspecified atom stereocenters. The molecule has 0 spiro atoms. The van der Waals surface area contributed by atoms with E-state index >= 15 is 0 Å². The molecule has 1 atom stereocenters. The summed E-state index contributed by atoms with van der Waals surface area (Å²) in [4.78, 5) is 12.6. The first-order chi connectivity index (χ1) is 8.92. The van der Waals surface area contributed by atoms with E-state index in [-0.39, 0.29) is 18.2 Å². The van der Waals surface area contributed by atoms with E-state index in [0.717, 1.165) is 6.54 Å². The van der Waals surface area contributed by atoms with Crippen LogP contribution in [0, 0.1) is 5.92 Å². The van der Waals surface area contributed by atoms with Gasteiger partial charge in [0.2, 0.25) is 5.95 Å². The third-order valence-corrected chi connectivity index (χ3v) is 2.50. The molecule has 1 aromatic rings. The molecule has 108 valence electrons. The van der Waals surface area contributed by atoms with Crippen molar-refractivity contribution in [3.05, 3.63) is 0 Å². The van der Waals surface area contributed by atoms with Crippen molar-refractivity contribution in [1.29, 1.82) is 0 Å². The molecule has 0 aromatic carbocycles. The van der Waals surface area contributed by atoms with Crippen molar-refractivity contribution in [3.8, 4) is 12.0 Å². The summed E-state index contributed by atoms with van der Waals surface area (Å²) in [6.07, 6.45) is 0.0380. The van der Waals surface area contributed by atoms with E-state index < -0.39 is 0 Å². The molecule has 0 radical (unpaired) electrons. The monoisotopic (exact) mass is 268 g/mol. The van der Waals surface area contributed by atoms with Crippen molar-refractivity contribution < 1.29 is 9.47 Å². The molecule has 6 nitrogen and oxygen atoms in total. The van der Waals surface area contributed by atoms with E-state index in [4.69, 9.17) is 9.47 Å². The molecule has 1 N–H and O–H groups in total. The molecular formula is C13H24N4O2. The Morgan fingerprint density at radius 2 is 1.53 bits per heavy atom. The molecule has 0 aliphatic carbocycles. The van der Waals surface area contributed by atoms with Crippen LogP contribution >= 0.6 is 0 Å². The van der Waals surface area contributed by atoms with Gasteiger partial charge in [-0.25, -0.2) is 0 Å². The maximum Gasteiger partial charge on any atom is 0.324 e. The van der Waals surface area contributed by atoms with Crippen molar-refractivity contribution in [3.63, 3.8) is 0 Å². The fraction of sp³-hybridized carbons (Fsp3) is 0.769. The van der Waals surface area contributed by atoms with Gasteiger partial charge in [0.05, 0.1) is 6.10 Å². The second kappa shape index (κ2) is 7.11. The Labute approximate surface area is 115 Å². The standard InChI is InChI=1S/C13H24N4O2/c1-7-14-11-15-12(18-9(4)5)17-13(16-11)19-10(6)8(2)3/h8-10H,7H2,1-6H3,(H,14,15,16,17). The average molecular weight is 268 g/mol. The number of hydrogen-bond acceptors (Lipinski definition) is 6. The van der Waals surface area contributed by atoms with Crippen molar-refractivity contribution in [2.75, 3.05) is 11.9 Å². The van der Waals surface area contributed by atoms with E-state index in [0.29, 0.717) is 17.9 Å². The Balaban J connectivity index is 2.92. The fourth-order valence-corrected chi connectivity index (χ4v) is 1.19. The average Bonchev–Trinajstić information content (AvgIpc) is 2.27. The van der Waals surface area contributed by atoms with Crippen LogP contribution in [0.25, 0.3) is 0 Å². The van der Waals surface area contributed by atoms with Crippen LogP contribution in [0.4, 0.5) is 5.95 Å². The van der Waals surface area contributed by atoms with Gasteiger partial charge in [-0.05, 0) is 33.6 Å². The quantitative estimate of drug-likeness (QED) is 0.819. The Kier molecular flexibility index (Phi) is 5.79. The van der Waals surface area contributed by atoms with Crippen molar-refractivity contribution in [1.82, 2.24) is 15.0 Å². The minimum absolute atomic E-state index is 0.00671. The molecule has 1 rings (SSSR count). The minimum Gasteiger partial charge on any atom is -0.461 e. The molecule has 1 aromatic heterocycles. The Morgan fingerprint density at radius 1 is 0.947 bits per heavy atom. The topological polar surface area (TPSA) is 69.2 Å². The fourth-order valence-electron chi connectivity index (χ4n) is 1.19. The summed E-state index contributed by atoms with van der Waals surface area (Å²) >= 11 is 0. The molecule has 0 saturated carbocycles. The van der Waals surface area contributed by atoms with Gasteiger partial charge in [0.1, 0.15) is 6.10 Å². The Hall–Kier alpha value is -1.59. The summed E-state index contributed by atoms with van der Waals surface area (Å²) in [6.45, 7) is 12.7. The maximum absolute atomic E-state index is 5.70. The van der Waals surface area contributed by atoms with Gasteiger partial charge in [0.25, 0.3) is 0 Å². The lowest BCUT2D eigenvalue weighted by Gasteiger charge is -2.17. The van der Waals surface area contributed by atoms with E-state index in [1.165, 1.54) is 0 Å². The van der Waals surface area contributed by atoms with Crippen LogP contribution in [0.15, 0.2) is 0 Å². The van der Waals surface area contributed by atoms with Crippen molar-refractivity contribution in [2.45, 2.75) is 53.8 Å². The van der Waals surface area contributed by atoms with Crippen LogP contribution < -0.4 is 14.8 Å². The summed E-state index contributed by atoms with van der Waals surface area (Å²) < 4.78 is 11.2. The molecule has 0 fully saturated rings. The predicted octanol–water partition coefficient (Wildman–Crippen LogP) is 2.51. The summed E-state index contributed by atoms with van der Waals surface area (Å²) in [5.41, 5.74) is 0. The first-order valence-corrected chi connectivity index (χ1v) is 6.75. The second-order valence-corrected chi connectivity index (χ2v) is 4.99. The van der Waals surface area contributed by atoms with Gasteiger partial charge in [-0.3, -0.25) is 0 Å². The molecule has 1 heterocycles. The Morgan fingerprint density at radius 3 is 2.00 bits per heavy atom. The molecule has 19 heavy (non-hydrogen) atoms. The Bertz CT molecular complexity index is 396. The lowest BCUT2D eigenvalue weighted by atomic mass is 10.1. The van der Waals surface area contributed by atoms with Crippen molar-refractivity contribution >= 4 is 5.95 Å². The van der Waals surface area contributed by atoms with Gasteiger partial charge < -0.3 is 14.8 Å². The summed E-state index contributed by atoms with van der Waals surface area (Å²) in [6, 6.07) is 0.578. The van der Waals surface area contributed by atoms with Crippen LogP contribution in [0.5, 0.6) is 12.0 Å². The van der Waals surface area contributed by atoms with Crippen LogP contribution in [0.1, 0.15) is 41.5 Å². The second-order valence-electron chi connectivity index (χ2n) is 4.99. The largest absolute Gasteiger partial charge is 0.461 e. The summed E-state index contributed by atoms with van der Waals surface area (Å²) in [7, 11) is 0. The van der Waals surface area contributed by atoms with Crippen LogP contribution in [-0.4, -0.2) is 33.7 Å². The zero-order valence-corrected chi connectivity index (χ0v) is 12.6.